The molecular weight excluding hydrogens is 126 g/mol. The Morgan fingerprint density at radius 1 is 1.20 bits per heavy atom. The third-order valence-electron chi connectivity index (χ3n) is 2.73. The number of piperidine rings is 1. The quantitative estimate of drug-likeness (QED) is 0.534. The highest BCUT2D eigenvalue weighted by atomic mass is 16.5. The molecule has 2 heteroatoms. The Balaban J connectivity index is 1.93. The molecule has 2 aliphatic rings. The largest absolute Gasteiger partial charge is 0.381 e. The van der Waals surface area contributed by atoms with E-state index in [9.17, 15) is 0 Å². The minimum Gasteiger partial charge on any atom is -0.381 e. The van der Waals surface area contributed by atoms with Crippen LogP contribution in [0.1, 0.15) is 12.8 Å². The average molecular weight is 141 g/mol. The maximum absolute atomic E-state index is 5.40. The molecule has 2 heterocycles. The summed E-state index contributed by atoms with van der Waals surface area (Å²) < 4.78 is 5.40. The fourth-order valence-corrected chi connectivity index (χ4v) is 2.02. The SMILES string of the molecule is C1C[C@H]2CCOC[C@@H]2CN1. The smallest absolute Gasteiger partial charge is 0.0509 e. The first kappa shape index (κ1) is 6.62. The van der Waals surface area contributed by atoms with Crippen LogP contribution in [0.5, 0.6) is 0 Å². The normalized spacial score (nSPS) is 40.8. The van der Waals surface area contributed by atoms with Crippen molar-refractivity contribution in [3.63, 3.8) is 0 Å². The lowest BCUT2D eigenvalue weighted by molar-refractivity contribution is 0.00490. The van der Waals surface area contributed by atoms with E-state index in [2.05, 4.69) is 5.32 Å². The van der Waals surface area contributed by atoms with Crippen molar-refractivity contribution in [2.45, 2.75) is 12.8 Å². The van der Waals surface area contributed by atoms with E-state index >= 15 is 0 Å². The first-order valence-electron chi connectivity index (χ1n) is 4.25. The summed E-state index contributed by atoms with van der Waals surface area (Å²) in [7, 11) is 0. The van der Waals surface area contributed by atoms with E-state index in [1.165, 1.54) is 25.9 Å². The van der Waals surface area contributed by atoms with Gasteiger partial charge in [-0.05, 0) is 31.2 Å². The molecule has 0 aromatic heterocycles. The van der Waals surface area contributed by atoms with Gasteiger partial charge in [0.25, 0.3) is 0 Å². The van der Waals surface area contributed by atoms with E-state index in [-0.39, 0.29) is 0 Å². The number of hydrogen-bond donors (Lipinski definition) is 1. The molecule has 0 aromatic carbocycles. The van der Waals surface area contributed by atoms with E-state index in [0.717, 1.165) is 25.0 Å². The molecule has 0 unspecified atom stereocenters. The van der Waals surface area contributed by atoms with Crippen molar-refractivity contribution in [2.75, 3.05) is 26.3 Å². The van der Waals surface area contributed by atoms with Gasteiger partial charge in [-0.2, -0.15) is 0 Å². The maximum Gasteiger partial charge on any atom is 0.0509 e. The molecule has 0 radical (unpaired) electrons. The highest BCUT2D eigenvalue weighted by Crippen LogP contribution is 2.26. The zero-order chi connectivity index (χ0) is 6.81. The second-order valence-corrected chi connectivity index (χ2v) is 3.38. The lowest BCUT2D eigenvalue weighted by atomic mass is 9.83. The molecule has 0 saturated carbocycles. The van der Waals surface area contributed by atoms with Crippen LogP contribution in [0.15, 0.2) is 0 Å². The van der Waals surface area contributed by atoms with Crippen LogP contribution in [-0.4, -0.2) is 26.3 Å². The highest BCUT2D eigenvalue weighted by Gasteiger charge is 2.27. The molecule has 2 fully saturated rings. The summed E-state index contributed by atoms with van der Waals surface area (Å²) in [6.07, 6.45) is 2.67. The minimum atomic E-state index is 0.822. The molecule has 2 atom stereocenters. The van der Waals surface area contributed by atoms with Crippen molar-refractivity contribution in [2.24, 2.45) is 11.8 Å². The molecule has 0 aliphatic carbocycles. The number of nitrogens with one attached hydrogen (secondary N) is 1. The van der Waals surface area contributed by atoms with Gasteiger partial charge in [-0.25, -0.2) is 0 Å². The lowest BCUT2D eigenvalue weighted by Gasteiger charge is -2.35. The zero-order valence-electron chi connectivity index (χ0n) is 6.31. The predicted molar refractivity (Wildman–Crippen MR) is 39.9 cm³/mol. The van der Waals surface area contributed by atoms with E-state index in [1.807, 2.05) is 0 Å². The van der Waals surface area contributed by atoms with Gasteiger partial charge < -0.3 is 10.1 Å². The van der Waals surface area contributed by atoms with Gasteiger partial charge in [0, 0.05) is 13.2 Å². The fraction of sp³-hybridized carbons (Fsp3) is 1.00. The standard InChI is InChI=1S/C8H15NO/c1-3-9-5-8-6-10-4-2-7(1)8/h7-9H,1-6H2/t7-,8-/m0/s1. The molecule has 2 nitrogen and oxygen atoms in total. The molecule has 0 spiro atoms. The predicted octanol–water partition coefficient (Wildman–Crippen LogP) is 0.632. The topological polar surface area (TPSA) is 21.3 Å². The van der Waals surface area contributed by atoms with Crippen LogP contribution < -0.4 is 5.32 Å². The fourth-order valence-electron chi connectivity index (χ4n) is 2.02. The zero-order valence-corrected chi connectivity index (χ0v) is 6.31. The lowest BCUT2D eigenvalue weighted by Crippen LogP contribution is -2.41. The van der Waals surface area contributed by atoms with Crippen LogP contribution in [0.25, 0.3) is 0 Å². The van der Waals surface area contributed by atoms with E-state index in [0.29, 0.717) is 0 Å². The first-order valence-corrected chi connectivity index (χ1v) is 4.25. The van der Waals surface area contributed by atoms with Crippen LogP contribution in [-0.2, 0) is 4.74 Å². The van der Waals surface area contributed by atoms with E-state index in [4.69, 9.17) is 4.74 Å². The van der Waals surface area contributed by atoms with Gasteiger partial charge in [0.05, 0.1) is 6.61 Å². The third-order valence-corrected chi connectivity index (χ3v) is 2.73. The molecule has 1 N–H and O–H groups in total. The number of rotatable bonds is 0. The molecule has 2 saturated heterocycles. The molecule has 2 aliphatic heterocycles. The summed E-state index contributed by atoms with van der Waals surface area (Å²) in [5, 5.41) is 3.40. The van der Waals surface area contributed by atoms with Crippen molar-refractivity contribution in [3.05, 3.63) is 0 Å². The third kappa shape index (κ3) is 1.18. The van der Waals surface area contributed by atoms with Crippen LogP contribution in [0.4, 0.5) is 0 Å². The minimum absolute atomic E-state index is 0.822. The van der Waals surface area contributed by atoms with Crippen LogP contribution in [0.3, 0.4) is 0 Å². The van der Waals surface area contributed by atoms with Gasteiger partial charge >= 0.3 is 0 Å². The van der Waals surface area contributed by atoms with Crippen molar-refractivity contribution < 1.29 is 4.74 Å². The number of hydrogen-bond acceptors (Lipinski definition) is 2. The highest BCUT2D eigenvalue weighted by molar-refractivity contribution is 4.80. The number of ether oxygens (including phenoxy) is 1. The Labute approximate surface area is 61.9 Å². The summed E-state index contributed by atoms with van der Waals surface area (Å²) in [6, 6.07) is 0. The van der Waals surface area contributed by atoms with E-state index in [1.54, 1.807) is 0 Å². The number of fused-ring (bicyclic) bond motifs is 1. The maximum atomic E-state index is 5.40. The van der Waals surface area contributed by atoms with Gasteiger partial charge in [-0.1, -0.05) is 0 Å². The molecule has 58 valence electrons. The van der Waals surface area contributed by atoms with Gasteiger partial charge in [0.15, 0.2) is 0 Å². The summed E-state index contributed by atoms with van der Waals surface area (Å²) in [4.78, 5) is 0. The molecular formula is C8H15NO. The Hall–Kier alpha value is -0.0800. The molecule has 10 heavy (non-hydrogen) atoms. The van der Waals surface area contributed by atoms with Crippen LogP contribution in [0, 0.1) is 11.8 Å². The summed E-state index contributed by atoms with van der Waals surface area (Å²) in [5.74, 6) is 1.79. The van der Waals surface area contributed by atoms with Crippen molar-refractivity contribution in [1.29, 1.82) is 0 Å². The van der Waals surface area contributed by atoms with Crippen LogP contribution in [0.2, 0.25) is 0 Å². The first-order chi connectivity index (χ1) is 4.97. The molecule has 0 bridgehead atoms. The van der Waals surface area contributed by atoms with Gasteiger partial charge in [0.1, 0.15) is 0 Å². The van der Waals surface area contributed by atoms with Crippen molar-refractivity contribution >= 4 is 0 Å². The second kappa shape index (κ2) is 2.89. The average Bonchev–Trinajstić information content (AvgIpc) is 2.05. The summed E-state index contributed by atoms with van der Waals surface area (Å²) in [5.41, 5.74) is 0. The molecule has 2 rings (SSSR count). The Kier molecular flexibility index (Phi) is 1.91. The monoisotopic (exact) mass is 141 g/mol. The van der Waals surface area contributed by atoms with Crippen LogP contribution >= 0.6 is 0 Å². The molecule has 0 aromatic rings. The van der Waals surface area contributed by atoms with Crippen molar-refractivity contribution in [3.8, 4) is 0 Å². The second-order valence-electron chi connectivity index (χ2n) is 3.38. The molecule has 0 amide bonds. The van der Waals surface area contributed by atoms with E-state index < -0.39 is 0 Å². The van der Waals surface area contributed by atoms with Gasteiger partial charge in [-0.3, -0.25) is 0 Å². The van der Waals surface area contributed by atoms with Gasteiger partial charge in [-0.15, -0.1) is 0 Å². The van der Waals surface area contributed by atoms with Crippen molar-refractivity contribution in [1.82, 2.24) is 5.32 Å². The Bertz CT molecular complexity index is 89.8. The Morgan fingerprint density at radius 2 is 2.20 bits per heavy atom. The Morgan fingerprint density at radius 3 is 3.10 bits per heavy atom. The summed E-state index contributed by atoms with van der Waals surface area (Å²) >= 11 is 0. The summed E-state index contributed by atoms with van der Waals surface area (Å²) in [6.45, 7) is 4.41. The van der Waals surface area contributed by atoms with Gasteiger partial charge in [0.2, 0.25) is 0 Å².